The van der Waals surface area contributed by atoms with Crippen molar-refractivity contribution in [1.82, 2.24) is 0 Å². The van der Waals surface area contributed by atoms with Crippen LogP contribution in [-0.2, 0) is 0 Å². The van der Waals surface area contributed by atoms with Gasteiger partial charge in [0.25, 0.3) is 0 Å². The Bertz CT molecular complexity index is 2310. The zero-order valence-electron chi connectivity index (χ0n) is 21.1. The van der Waals surface area contributed by atoms with Crippen LogP contribution in [0.2, 0.25) is 0 Å². The van der Waals surface area contributed by atoms with Crippen molar-refractivity contribution in [2.75, 3.05) is 0 Å². The summed E-state index contributed by atoms with van der Waals surface area (Å²) in [6.07, 6.45) is 0. The highest BCUT2D eigenvalue weighted by molar-refractivity contribution is 6.18. The maximum Gasteiger partial charge on any atom is 0.136 e. The van der Waals surface area contributed by atoms with Gasteiger partial charge in [0, 0.05) is 10.9 Å². The molecular weight excluding hydrogens is 472 g/mol. The van der Waals surface area contributed by atoms with Crippen molar-refractivity contribution in [3.8, 4) is 33.8 Å². The molecule has 0 unspecified atom stereocenters. The van der Waals surface area contributed by atoms with Gasteiger partial charge in [0.05, 0.1) is 0 Å². The second-order valence-electron chi connectivity index (χ2n) is 10.6. The number of para-hydroxylation sites is 1. The zero-order chi connectivity index (χ0) is 25.5. The predicted octanol–water partition coefficient (Wildman–Crippen LogP) is 10.9. The summed E-state index contributed by atoms with van der Waals surface area (Å²) < 4.78 is 6.43. The Kier molecular flexibility index (Phi) is 4.11. The minimum Gasteiger partial charge on any atom is -0.456 e. The molecule has 0 bridgehead atoms. The Morgan fingerprint density at radius 1 is 0.333 bits per heavy atom. The normalized spacial score (nSPS) is 12.3. The van der Waals surface area contributed by atoms with Crippen LogP contribution in [0.3, 0.4) is 0 Å². The third kappa shape index (κ3) is 3.02. The highest BCUT2D eigenvalue weighted by Crippen LogP contribution is 2.50. The number of rotatable bonds is 1. The summed E-state index contributed by atoms with van der Waals surface area (Å²) in [5.41, 5.74) is 4.82. The van der Waals surface area contributed by atoms with E-state index >= 15 is 0 Å². The summed E-state index contributed by atoms with van der Waals surface area (Å²) in [5, 5.41) is 12.5. The first-order valence-corrected chi connectivity index (χ1v) is 13.4. The molecule has 0 aliphatic carbocycles. The minimum atomic E-state index is 0.913. The van der Waals surface area contributed by atoms with E-state index < -0.39 is 0 Å². The molecule has 0 radical (unpaired) electrons. The summed E-state index contributed by atoms with van der Waals surface area (Å²) in [6, 6.07) is 48.5. The van der Waals surface area contributed by atoms with E-state index in [1.165, 1.54) is 70.6 Å². The van der Waals surface area contributed by atoms with Crippen molar-refractivity contribution < 1.29 is 4.74 Å². The van der Waals surface area contributed by atoms with Gasteiger partial charge in [0.15, 0.2) is 0 Å². The SMILES string of the molecule is c1ccc2c(c1)Oc1cc3ccccc3c3cc(-c4ccc5c(ccc6cc7ccccc7cc65)c4)cc-2c13. The van der Waals surface area contributed by atoms with Gasteiger partial charge in [-0.2, -0.15) is 0 Å². The maximum atomic E-state index is 6.43. The lowest BCUT2D eigenvalue weighted by atomic mass is 9.88. The second-order valence-corrected chi connectivity index (χ2v) is 10.6. The van der Waals surface area contributed by atoms with E-state index in [4.69, 9.17) is 4.74 Å². The Labute approximate surface area is 225 Å². The van der Waals surface area contributed by atoms with Crippen molar-refractivity contribution in [3.05, 3.63) is 133 Å². The van der Waals surface area contributed by atoms with E-state index in [1.54, 1.807) is 0 Å². The first-order chi connectivity index (χ1) is 19.3. The number of fused-ring (bicyclic) bond motifs is 8. The summed E-state index contributed by atoms with van der Waals surface area (Å²) in [5.74, 6) is 1.84. The van der Waals surface area contributed by atoms with Crippen LogP contribution in [0, 0.1) is 0 Å². The maximum absolute atomic E-state index is 6.43. The fourth-order valence-electron chi connectivity index (χ4n) is 6.49. The van der Waals surface area contributed by atoms with Crippen LogP contribution in [0.25, 0.3) is 76.1 Å². The van der Waals surface area contributed by atoms with Crippen LogP contribution in [0.4, 0.5) is 0 Å². The molecule has 0 atom stereocenters. The van der Waals surface area contributed by atoms with Gasteiger partial charge in [-0.3, -0.25) is 0 Å². The summed E-state index contributed by atoms with van der Waals surface area (Å²) in [4.78, 5) is 0. The van der Waals surface area contributed by atoms with Crippen molar-refractivity contribution in [2.45, 2.75) is 0 Å². The summed E-state index contributed by atoms with van der Waals surface area (Å²) >= 11 is 0. The van der Waals surface area contributed by atoms with E-state index in [0.717, 1.165) is 17.1 Å². The molecule has 1 aliphatic rings. The average molecular weight is 495 g/mol. The van der Waals surface area contributed by atoms with Crippen LogP contribution in [0.1, 0.15) is 0 Å². The van der Waals surface area contributed by atoms with Gasteiger partial charge in [-0.05, 0) is 108 Å². The number of ether oxygens (including phenoxy) is 1. The topological polar surface area (TPSA) is 9.23 Å². The molecule has 0 amide bonds. The van der Waals surface area contributed by atoms with Gasteiger partial charge < -0.3 is 4.74 Å². The molecule has 0 saturated carbocycles. The van der Waals surface area contributed by atoms with E-state index in [2.05, 4.69) is 127 Å². The van der Waals surface area contributed by atoms with Gasteiger partial charge in [-0.1, -0.05) is 91.0 Å². The Morgan fingerprint density at radius 3 is 1.92 bits per heavy atom. The van der Waals surface area contributed by atoms with Crippen molar-refractivity contribution in [1.29, 1.82) is 0 Å². The van der Waals surface area contributed by atoms with Gasteiger partial charge in [-0.15, -0.1) is 0 Å². The minimum absolute atomic E-state index is 0.913. The van der Waals surface area contributed by atoms with E-state index in [1.807, 2.05) is 6.07 Å². The second kappa shape index (κ2) is 7.69. The molecule has 0 aromatic heterocycles. The van der Waals surface area contributed by atoms with Crippen molar-refractivity contribution in [2.24, 2.45) is 0 Å². The van der Waals surface area contributed by atoms with Gasteiger partial charge in [0.1, 0.15) is 11.5 Å². The third-order valence-electron chi connectivity index (χ3n) is 8.35. The van der Waals surface area contributed by atoms with Gasteiger partial charge in [-0.25, -0.2) is 0 Å². The van der Waals surface area contributed by atoms with Crippen LogP contribution < -0.4 is 4.74 Å². The Hall–Kier alpha value is -5.14. The molecule has 1 aliphatic heterocycles. The molecule has 0 N–H and O–H groups in total. The number of hydrogen-bond donors (Lipinski definition) is 0. The molecule has 0 saturated heterocycles. The first kappa shape index (κ1) is 20.9. The molecule has 180 valence electrons. The molecule has 8 aromatic rings. The lowest BCUT2D eigenvalue weighted by Gasteiger charge is -2.23. The Balaban J connectivity index is 1.32. The number of hydrogen-bond acceptors (Lipinski definition) is 1. The molecule has 39 heavy (non-hydrogen) atoms. The highest BCUT2D eigenvalue weighted by Gasteiger charge is 2.22. The standard InChI is InChI=1S/C38H22O/c1-2-8-24-19-33-28(17-23(24)7-1)14-13-27-18-25(15-16-31(27)33)29-20-34-30-10-4-3-9-26(30)22-37-38(34)35(21-29)32-11-5-6-12-36(32)39-37/h1-22H. The zero-order valence-corrected chi connectivity index (χ0v) is 21.1. The summed E-state index contributed by atoms with van der Waals surface area (Å²) in [6.45, 7) is 0. The van der Waals surface area contributed by atoms with Gasteiger partial charge in [0.2, 0.25) is 0 Å². The van der Waals surface area contributed by atoms with Gasteiger partial charge >= 0.3 is 0 Å². The van der Waals surface area contributed by atoms with E-state index in [0.29, 0.717) is 0 Å². The molecule has 0 spiro atoms. The molecule has 0 fully saturated rings. The van der Waals surface area contributed by atoms with Crippen molar-refractivity contribution >= 4 is 53.9 Å². The quantitative estimate of drug-likeness (QED) is 0.163. The van der Waals surface area contributed by atoms with E-state index in [9.17, 15) is 0 Å². The fraction of sp³-hybridized carbons (Fsp3) is 0. The van der Waals surface area contributed by atoms with Crippen LogP contribution in [0.15, 0.2) is 133 Å². The molecule has 1 heterocycles. The lowest BCUT2D eigenvalue weighted by Crippen LogP contribution is -1.98. The lowest BCUT2D eigenvalue weighted by molar-refractivity contribution is 0.487. The monoisotopic (exact) mass is 494 g/mol. The van der Waals surface area contributed by atoms with Crippen LogP contribution in [0.5, 0.6) is 11.5 Å². The molecule has 1 nitrogen and oxygen atoms in total. The third-order valence-corrected chi connectivity index (χ3v) is 8.35. The highest BCUT2D eigenvalue weighted by atomic mass is 16.5. The first-order valence-electron chi connectivity index (χ1n) is 13.4. The summed E-state index contributed by atoms with van der Waals surface area (Å²) in [7, 11) is 0. The average Bonchev–Trinajstić information content (AvgIpc) is 2.99. The largest absolute Gasteiger partial charge is 0.456 e. The van der Waals surface area contributed by atoms with Crippen LogP contribution >= 0.6 is 0 Å². The predicted molar refractivity (Wildman–Crippen MR) is 165 cm³/mol. The smallest absolute Gasteiger partial charge is 0.136 e. The number of benzene rings is 8. The van der Waals surface area contributed by atoms with Crippen molar-refractivity contribution in [3.63, 3.8) is 0 Å². The van der Waals surface area contributed by atoms with Crippen LogP contribution in [-0.4, -0.2) is 0 Å². The fourth-order valence-corrected chi connectivity index (χ4v) is 6.49. The Morgan fingerprint density at radius 2 is 1.03 bits per heavy atom. The molecule has 9 rings (SSSR count). The molecule has 8 aromatic carbocycles. The van der Waals surface area contributed by atoms with E-state index in [-0.39, 0.29) is 0 Å². The molecular formula is C38H22O. The molecule has 1 heteroatoms.